The van der Waals surface area contributed by atoms with E-state index in [2.05, 4.69) is 10.3 Å². The van der Waals surface area contributed by atoms with Gasteiger partial charge in [-0.25, -0.2) is 9.37 Å². The third-order valence-electron chi connectivity index (χ3n) is 2.75. The minimum atomic E-state index is -0.435. The molecule has 20 heavy (non-hydrogen) atoms. The lowest BCUT2D eigenvalue weighted by Crippen LogP contribution is -2.15. The minimum absolute atomic E-state index is 0.0258. The van der Waals surface area contributed by atoms with Crippen LogP contribution in [0.1, 0.15) is 11.1 Å². The Kier molecular flexibility index (Phi) is 4.47. The maximum Gasteiger partial charge on any atom is 0.213 e. The molecule has 104 valence electrons. The molecule has 0 unspecified atom stereocenters. The van der Waals surface area contributed by atoms with Crippen LogP contribution in [0.5, 0.6) is 5.88 Å². The summed E-state index contributed by atoms with van der Waals surface area (Å²) in [4.78, 5) is 4.05. The monoisotopic (exact) mass is 291 g/mol. The molecule has 0 radical (unpaired) electrons. The molecule has 4 nitrogen and oxygen atoms in total. The zero-order chi connectivity index (χ0) is 14.5. The van der Waals surface area contributed by atoms with E-state index in [1.54, 1.807) is 31.5 Å². The molecular formula is C14H14FN3OS. The molecule has 1 heterocycles. The molecule has 0 aliphatic heterocycles. The van der Waals surface area contributed by atoms with Gasteiger partial charge in [0, 0.05) is 24.5 Å². The third-order valence-corrected chi connectivity index (χ3v) is 2.96. The summed E-state index contributed by atoms with van der Waals surface area (Å²) >= 11 is 4.88. The number of hydrogen-bond acceptors (Lipinski definition) is 4. The summed E-state index contributed by atoms with van der Waals surface area (Å²) in [7, 11) is 1.55. The molecule has 2 rings (SSSR count). The van der Waals surface area contributed by atoms with Crippen molar-refractivity contribution in [2.24, 2.45) is 5.73 Å². The maximum absolute atomic E-state index is 13.7. The highest BCUT2D eigenvalue weighted by atomic mass is 32.1. The first-order valence-corrected chi connectivity index (χ1v) is 6.33. The number of nitrogens with one attached hydrogen (secondary N) is 1. The molecule has 0 aliphatic rings. The number of hydrogen-bond donors (Lipinski definition) is 2. The van der Waals surface area contributed by atoms with Crippen molar-refractivity contribution in [3.8, 4) is 5.88 Å². The summed E-state index contributed by atoms with van der Waals surface area (Å²) in [5.74, 6) is 0.0907. The molecule has 0 bridgehead atoms. The smallest absolute Gasteiger partial charge is 0.213 e. The van der Waals surface area contributed by atoms with E-state index in [0.717, 1.165) is 5.56 Å². The minimum Gasteiger partial charge on any atom is -0.481 e. The number of nitrogens with two attached hydrogens (primary N) is 1. The maximum atomic E-state index is 13.7. The zero-order valence-electron chi connectivity index (χ0n) is 10.9. The molecule has 2 aromatic rings. The van der Waals surface area contributed by atoms with E-state index in [1.807, 2.05) is 6.07 Å². The van der Waals surface area contributed by atoms with E-state index < -0.39 is 5.82 Å². The van der Waals surface area contributed by atoms with E-state index in [9.17, 15) is 4.39 Å². The molecule has 0 amide bonds. The lowest BCUT2D eigenvalue weighted by Gasteiger charge is -2.12. The van der Waals surface area contributed by atoms with Crippen molar-refractivity contribution >= 4 is 22.9 Å². The first-order valence-electron chi connectivity index (χ1n) is 5.93. The fourth-order valence-electron chi connectivity index (χ4n) is 1.79. The Balaban J connectivity index is 2.18. The Hall–Kier alpha value is -2.21. The SMILES string of the molecule is COc1cc(CNc2cccc(F)c2C(N)=S)ccn1. The normalized spacial score (nSPS) is 10.1. The molecule has 0 fully saturated rings. The Morgan fingerprint density at radius 1 is 1.45 bits per heavy atom. The van der Waals surface area contributed by atoms with E-state index in [0.29, 0.717) is 18.1 Å². The molecule has 0 saturated carbocycles. The van der Waals surface area contributed by atoms with Gasteiger partial charge in [0.15, 0.2) is 0 Å². The Labute approximate surface area is 121 Å². The van der Waals surface area contributed by atoms with Crippen LogP contribution < -0.4 is 15.8 Å². The number of benzene rings is 1. The summed E-state index contributed by atoms with van der Waals surface area (Å²) in [5.41, 5.74) is 7.29. The second-order valence-corrected chi connectivity index (χ2v) is 4.53. The first-order chi connectivity index (χ1) is 9.61. The number of halogens is 1. The van der Waals surface area contributed by atoms with E-state index in [4.69, 9.17) is 22.7 Å². The second kappa shape index (κ2) is 6.29. The van der Waals surface area contributed by atoms with Crippen molar-refractivity contribution in [1.82, 2.24) is 4.98 Å². The van der Waals surface area contributed by atoms with Crippen LogP contribution >= 0.6 is 12.2 Å². The van der Waals surface area contributed by atoms with Crippen molar-refractivity contribution in [1.29, 1.82) is 0 Å². The molecule has 0 atom stereocenters. The van der Waals surface area contributed by atoms with Crippen molar-refractivity contribution < 1.29 is 9.13 Å². The predicted molar refractivity (Wildman–Crippen MR) is 80.4 cm³/mol. The fourth-order valence-corrected chi connectivity index (χ4v) is 2.00. The van der Waals surface area contributed by atoms with Gasteiger partial charge in [-0.3, -0.25) is 0 Å². The van der Waals surface area contributed by atoms with E-state index >= 15 is 0 Å². The fraction of sp³-hybridized carbons (Fsp3) is 0.143. The highest BCUT2D eigenvalue weighted by Gasteiger charge is 2.10. The standard InChI is InChI=1S/C14H14FN3OS/c1-19-12-7-9(5-6-17-12)8-18-11-4-2-3-10(15)13(11)14(16)20/h2-7,18H,8H2,1H3,(H2,16,20). The Morgan fingerprint density at radius 2 is 2.25 bits per heavy atom. The number of nitrogens with zero attached hydrogens (tertiary/aromatic N) is 1. The van der Waals surface area contributed by atoms with Gasteiger partial charge >= 0.3 is 0 Å². The van der Waals surface area contributed by atoms with Crippen molar-refractivity contribution in [2.45, 2.75) is 6.54 Å². The Morgan fingerprint density at radius 3 is 2.95 bits per heavy atom. The lowest BCUT2D eigenvalue weighted by molar-refractivity contribution is 0.397. The number of aromatic nitrogens is 1. The van der Waals surface area contributed by atoms with Gasteiger partial charge in [-0.05, 0) is 23.8 Å². The summed E-state index contributed by atoms with van der Waals surface area (Å²) in [6.45, 7) is 0.484. The van der Waals surface area contributed by atoms with Gasteiger partial charge < -0.3 is 15.8 Å². The number of pyridine rings is 1. The number of anilines is 1. The summed E-state index contributed by atoms with van der Waals surface area (Å²) in [5, 5.41) is 3.11. The molecule has 0 saturated heterocycles. The highest BCUT2D eigenvalue weighted by molar-refractivity contribution is 7.80. The number of thiocarbonyl (C=S) groups is 1. The van der Waals surface area contributed by atoms with E-state index in [1.165, 1.54) is 6.07 Å². The number of ether oxygens (including phenoxy) is 1. The summed E-state index contributed by atoms with van der Waals surface area (Å²) in [6, 6.07) is 8.31. The third kappa shape index (κ3) is 3.21. The molecule has 0 aliphatic carbocycles. The van der Waals surface area contributed by atoms with Crippen LogP contribution in [0, 0.1) is 5.82 Å². The van der Waals surface area contributed by atoms with Crippen molar-refractivity contribution in [2.75, 3.05) is 12.4 Å². The van der Waals surface area contributed by atoms with Crippen molar-refractivity contribution in [3.63, 3.8) is 0 Å². The molecule has 6 heteroatoms. The molecule has 3 N–H and O–H groups in total. The summed E-state index contributed by atoms with van der Waals surface area (Å²) < 4.78 is 18.8. The van der Waals surface area contributed by atoms with Gasteiger partial charge in [-0.1, -0.05) is 18.3 Å². The molecule has 0 spiro atoms. The quantitative estimate of drug-likeness (QED) is 0.829. The zero-order valence-corrected chi connectivity index (χ0v) is 11.7. The predicted octanol–water partition coefficient (Wildman–Crippen LogP) is 2.48. The largest absolute Gasteiger partial charge is 0.481 e. The van der Waals surface area contributed by atoms with Crippen LogP contribution in [0.25, 0.3) is 0 Å². The van der Waals surface area contributed by atoms with Gasteiger partial charge in [0.25, 0.3) is 0 Å². The lowest BCUT2D eigenvalue weighted by atomic mass is 10.1. The van der Waals surface area contributed by atoms with Gasteiger partial charge in [-0.2, -0.15) is 0 Å². The van der Waals surface area contributed by atoms with Gasteiger partial charge in [-0.15, -0.1) is 0 Å². The van der Waals surface area contributed by atoms with Crippen LogP contribution in [-0.2, 0) is 6.54 Å². The average Bonchev–Trinajstić information content (AvgIpc) is 2.45. The van der Waals surface area contributed by atoms with Crippen LogP contribution in [0.4, 0.5) is 10.1 Å². The molecule has 1 aromatic carbocycles. The van der Waals surface area contributed by atoms with Crippen LogP contribution in [0.3, 0.4) is 0 Å². The summed E-state index contributed by atoms with van der Waals surface area (Å²) in [6.07, 6.45) is 1.65. The average molecular weight is 291 g/mol. The van der Waals surface area contributed by atoms with Crippen LogP contribution in [-0.4, -0.2) is 17.1 Å². The molecule has 1 aromatic heterocycles. The number of methoxy groups -OCH3 is 1. The number of rotatable bonds is 5. The second-order valence-electron chi connectivity index (χ2n) is 4.09. The van der Waals surface area contributed by atoms with Crippen molar-refractivity contribution in [3.05, 3.63) is 53.5 Å². The van der Waals surface area contributed by atoms with E-state index in [-0.39, 0.29) is 10.6 Å². The topological polar surface area (TPSA) is 60.2 Å². The van der Waals surface area contributed by atoms with Crippen LogP contribution in [0.2, 0.25) is 0 Å². The van der Waals surface area contributed by atoms with Gasteiger partial charge in [0.05, 0.1) is 12.7 Å². The van der Waals surface area contributed by atoms with Gasteiger partial charge in [0.1, 0.15) is 10.8 Å². The molecular weight excluding hydrogens is 277 g/mol. The van der Waals surface area contributed by atoms with Gasteiger partial charge in [0.2, 0.25) is 5.88 Å². The first kappa shape index (κ1) is 14.2. The Bertz CT molecular complexity index is 634. The van der Waals surface area contributed by atoms with Crippen LogP contribution in [0.15, 0.2) is 36.5 Å². The highest BCUT2D eigenvalue weighted by Crippen LogP contribution is 2.20.